The maximum absolute atomic E-state index is 13.0. The molecule has 1 amide bonds. The number of nitrogens with two attached hydrogens (primary N) is 1. The van der Waals surface area contributed by atoms with Gasteiger partial charge in [-0.3, -0.25) is 19.2 Å². The molecule has 212 valence electrons. The van der Waals surface area contributed by atoms with Crippen molar-refractivity contribution in [3.8, 4) is 22.8 Å². The number of anilines is 1. The van der Waals surface area contributed by atoms with Crippen molar-refractivity contribution in [2.24, 2.45) is 0 Å². The number of rotatable bonds is 7. The average molecular weight is 556 g/mol. The van der Waals surface area contributed by atoms with Gasteiger partial charge in [0, 0.05) is 44.4 Å². The summed E-state index contributed by atoms with van der Waals surface area (Å²) in [7, 11) is 0. The van der Waals surface area contributed by atoms with Crippen molar-refractivity contribution >= 4 is 22.6 Å². The van der Waals surface area contributed by atoms with Crippen LogP contribution in [-0.2, 0) is 9.53 Å². The van der Waals surface area contributed by atoms with Crippen molar-refractivity contribution in [3.05, 3.63) is 77.1 Å². The Kier molecular flexibility index (Phi) is 7.79. The van der Waals surface area contributed by atoms with Gasteiger partial charge in [-0.25, -0.2) is 5.10 Å². The summed E-state index contributed by atoms with van der Waals surface area (Å²) in [6.07, 6.45) is 5.15. The Balaban J connectivity index is 1.24. The molecule has 2 saturated heterocycles. The number of fused-ring (bicyclic) bond motifs is 1. The number of piperidine rings is 1. The molecule has 2 aliphatic heterocycles. The molecule has 0 unspecified atom stereocenters. The van der Waals surface area contributed by atoms with Crippen LogP contribution in [0.3, 0.4) is 0 Å². The molecule has 0 radical (unpaired) electrons. The number of hydrogen-bond acceptors (Lipinski definition) is 8. The summed E-state index contributed by atoms with van der Waals surface area (Å²) >= 11 is 0. The molecule has 11 heteroatoms. The van der Waals surface area contributed by atoms with E-state index in [0.717, 1.165) is 57.0 Å². The van der Waals surface area contributed by atoms with Crippen LogP contribution in [0, 0.1) is 0 Å². The SMILES string of the molecule is Nc1n[nH]c(=O)c2c1c(-c1ccc(Oc3ccccc3)cc1)nn2[C@@H]1CCCN(C(=O)/C=C/CN2CCOCC2)C1. The fourth-order valence-electron chi connectivity index (χ4n) is 5.43. The largest absolute Gasteiger partial charge is 0.457 e. The minimum Gasteiger partial charge on any atom is -0.457 e. The Morgan fingerprint density at radius 2 is 1.83 bits per heavy atom. The van der Waals surface area contributed by atoms with Gasteiger partial charge in [-0.05, 0) is 49.2 Å². The van der Waals surface area contributed by atoms with Crippen LogP contribution in [0.5, 0.6) is 11.5 Å². The Bertz CT molecular complexity index is 1590. The standard InChI is InChI=1S/C30H33N7O4/c31-29-26-27(21-10-12-24(13-11-21)41-23-7-2-1-3-8-23)34-37(28(26)30(39)33-32-29)22-6-4-15-36(20-22)25(38)9-5-14-35-16-18-40-19-17-35/h1-3,5,7-13,22H,4,6,14-20H2,(H2,31,32)(H,33,39)/b9-5+/t22-/m1/s1. The number of carbonyl (C=O) groups is 1. The van der Waals surface area contributed by atoms with Gasteiger partial charge in [0.1, 0.15) is 22.7 Å². The van der Waals surface area contributed by atoms with E-state index in [-0.39, 0.29) is 23.3 Å². The van der Waals surface area contributed by atoms with Crippen LogP contribution in [0.25, 0.3) is 22.2 Å². The molecular weight excluding hydrogens is 522 g/mol. The van der Waals surface area contributed by atoms with Gasteiger partial charge < -0.3 is 20.1 Å². The second-order valence-electron chi connectivity index (χ2n) is 10.3. The number of nitrogens with one attached hydrogen (secondary N) is 1. The maximum Gasteiger partial charge on any atom is 0.290 e. The van der Waals surface area contributed by atoms with Crippen LogP contribution >= 0.6 is 0 Å². The molecule has 41 heavy (non-hydrogen) atoms. The Morgan fingerprint density at radius 3 is 2.61 bits per heavy atom. The number of carbonyl (C=O) groups excluding carboxylic acids is 1. The third-order valence-corrected chi connectivity index (χ3v) is 7.55. The zero-order valence-corrected chi connectivity index (χ0v) is 22.7. The smallest absolute Gasteiger partial charge is 0.290 e. The monoisotopic (exact) mass is 555 g/mol. The molecule has 2 fully saturated rings. The first kappa shape index (κ1) is 26.7. The quantitative estimate of drug-likeness (QED) is 0.333. The van der Waals surface area contributed by atoms with Crippen molar-refractivity contribution in [2.75, 3.05) is 51.7 Å². The number of morpholine rings is 1. The fraction of sp³-hybridized carbons (Fsp3) is 0.333. The van der Waals surface area contributed by atoms with Crippen molar-refractivity contribution in [1.29, 1.82) is 0 Å². The van der Waals surface area contributed by atoms with Gasteiger partial charge in [0.2, 0.25) is 5.91 Å². The second kappa shape index (κ2) is 11.9. The number of H-pyrrole nitrogens is 1. The molecule has 3 N–H and O–H groups in total. The third kappa shape index (κ3) is 5.86. The highest BCUT2D eigenvalue weighted by atomic mass is 16.5. The number of aromatic nitrogens is 4. The van der Waals surface area contributed by atoms with Crippen LogP contribution in [0.1, 0.15) is 18.9 Å². The van der Waals surface area contributed by atoms with Crippen molar-refractivity contribution in [2.45, 2.75) is 18.9 Å². The van der Waals surface area contributed by atoms with E-state index in [1.165, 1.54) is 0 Å². The van der Waals surface area contributed by atoms with E-state index in [1.807, 2.05) is 65.6 Å². The zero-order valence-electron chi connectivity index (χ0n) is 22.7. The highest BCUT2D eigenvalue weighted by Crippen LogP contribution is 2.34. The molecular formula is C30H33N7O4. The molecule has 2 aliphatic rings. The summed E-state index contributed by atoms with van der Waals surface area (Å²) in [6, 6.07) is 16.8. The normalized spacial score (nSPS) is 18.2. The number of aromatic amines is 1. The Hall–Kier alpha value is -4.48. The summed E-state index contributed by atoms with van der Waals surface area (Å²) in [4.78, 5) is 30.2. The molecule has 6 rings (SSSR count). The fourth-order valence-corrected chi connectivity index (χ4v) is 5.43. The maximum atomic E-state index is 13.0. The van der Waals surface area contributed by atoms with Gasteiger partial charge in [-0.15, -0.1) is 0 Å². The lowest BCUT2D eigenvalue weighted by Crippen LogP contribution is -2.40. The molecule has 0 spiro atoms. The lowest BCUT2D eigenvalue weighted by Gasteiger charge is -2.32. The lowest BCUT2D eigenvalue weighted by atomic mass is 10.1. The van der Waals surface area contributed by atoms with E-state index in [0.29, 0.717) is 35.4 Å². The molecule has 4 heterocycles. The predicted octanol–water partition coefficient (Wildman–Crippen LogP) is 3.21. The number of hydrogen-bond donors (Lipinski definition) is 2. The summed E-state index contributed by atoms with van der Waals surface area (Å²) in [5.41, 5.74) is 7.62. The van der Waals surface area contributed by atoms with Gasteiger partial charge in [-0.2, -0.15) is 10.2 Å². The van der Waals surface area contributed by atoms with Crippen LogP contribution in [0.15, 0.2) is 71.5 Å². The number of amides is 1. The zero-order chi connectivity index (χ0) is 28.2. The van der Waals surface area contributed by atoms with Gasteiger partial charge in [0.05, 0.1) is 24.6 Å². The molecule has 2 aromatic heterocycles. The number of nitrogens with zero attached hydrogens (tertiary/aromatic N) is 5. The molecule has 0 aliphatic carbocycles. The van der Waals surface area contributed by atoms with Gasteiger partial charge in [0.15, 0.2) is 5.82 Å². The number of likely N-dealkylation sites (tertiary alicyclic amines) is 1. The average Bonchev–Trinajstić information content (AvgIpc) is 3.43. The molecule has 11 nitrogen and oxygen atoms in total. The highest BCUT2D eigenvalue weighted by Gasteiger charge is 2.29. The third-order valence-electron chi connectivity index (χ3n) is 7.55. The number of ether oxygens (including phenoxy) is 2. The minimum atomic E-state index is -0.370. The molecule has 4 aromatic rings. The minimum absolute atomic E-state index is 0.0382. The first-order valence-corrected chi connectivity index (χ1v) is 13.9. The predicted molar refractivity (Wildman–Crippen MR) is 156 cm³/mol. The molecule has 0 saturated carbocycles. The van der Waals surface area contributed by atoms with Crippen LogP contribution in [0.2, 0.25) is 0 Å². The van der Waals surface area contributed by atoms with Crippen molar-refractivity contribution in [1.82, 2.24) is 29.8 Å². The number of nitrogen functional groups attached to an aromatic ring is 1. The van der Waals surface area contributed by atoms with Crippen LogP contribution < -0.4 is 16.0 Å². The lowest BCUT2D eigenvalue weighted by molar-refractivity contribution is -0.127. The van der Waals surface area contributed by atoms with Gasteiger partial charge in [0.25, 0.3) is 5.56 Å². The van der Waals surface area contributed by atoms with E-state index in [1.54, 1.807) is 10.8 Å². The molecule has 2 aromatic carbocycles. The Morgan fingerprint density at radius 1 is 1.07 bits per heavy atom. The summed E-state index contributed by atoms with van der Waals surface area (Å²) < 4.78 is 13.0. The summed E-state index contributed by atoms with van der Waals surface area (Å²) in [5.74, 6) is 1.57. The van der Waals surface area contributed by atoms with Crippen LogP contribution in [-0.4, -0.2) is 81.6 Å². The first-order chi connectivity index (χ1) is 20.1. The second-order valence-corrected chi connectivity index (χ2v) is 10.3. The number of para-hydroxylation sites is 1. The van der Waals surface area contributed by atoms with Crippen LogP contribution in [0.4, 0.5) is 5.82 Å². The van der Waals surface area contributed by atoms with E-state index >= 15 is 0 Å². The van der Waals surface area contributed by atoms with E-state index in [9.17, 15) is 9.59 Å². The molecule has 0 bridgehead atoms. The summed E-state index contributed by atoms with van der Waals surface area (Å²) in [6.45, 7) is 5.01. The number of benzene rings is 2. The topological polar surface area (TPSA) is 132 Å². The van der Waals surface area contributed by atoms with Gasteiger partial charge in [-0.1, -0.05) is 24.3 Å². The van der Waals surface area contributed by atoms with Crippen molar-refractivity contribution < 1.29 is 14.3 Å². The van der Waals surface area contributed by atoms with Crippen molar-refractivity contribution in [3.63, 3.8) is 0 Å². The Labute approximate surface area is 237 Å². The molecule has 1 atom stereocenters. The van der Waals surface area contributed by atoms with Gasteiger partial charge >= 0.3 is 0 Å². The summed E-state index contributed by atoms with van der Waals surface area (Å²) in [5, 5.41) is 11.9. The highest BCUT2D eigenvalue weighted by molar-refractivity contribution is 5.99. The van der Waals surface area contributed by atoms with E-state index in [4.69, 9.17) is 20.3 Å². The van der Waals surface area contributed by atoms with E-state index < -0.39 is 0 Å². The van der Waals surface area contributed by atoms with E-state index in [2.05, 4.69) is 15.1 Å². The first-order valence-electron chi connectivity index (χ1n) is 13.9.